The van der Waals surface area contributed by atoms with Gasteiger partial charge >= 0.3 is 143 Å². The Labute approximate surface area is 143 Å². The van der Waals surface area contributed by atoms with Gasteiger partial charge in [-0.2, -0.15) is 0 Å². The van der Waals surface area contributed by atoms with Crippen LogP contribution in [0.25, 0.3) is 0 Å². The van der Waals surface area contributed by atoms with E-state index in [2.05, 4.69) is 50.8 Å². The summed E-state index contributed by atoms with van der Waals surface area (Å²) >= 11 is 1.33. The first-order valence-electron chi connectivity index (χ1n) is 7.90. The topological polar surface area (TPSA) is 26.3 Å². The number of benzene rings is 1. The number of hydrogen-bond donors (Lipinski definition) is 0. The minimum atomic E-state index is -1.35. The predicted octanol–water partition coefficient (Wildman–Crippen LogP) is 5.09. The van der Waals surface area contributed by atoms with Crippen molar-refractivity contribution in [2.75, 3.05) is 6.23 Å². The molecule has 1 aromatic carbocycles. The second-order valence-electron chi connectivity index (χ2n) is 7.53. The summed E-state index contributed by atoms with van der Waals surface area (Å²) in [6.07, 6.45) is 1.70. The number of hydrogen-bond acceptors (Lipinski definition) is 2. The molecule has 0 aromatic heterocycles. The normalized spacial score (nSPS) is 13.9. The zero-order valence-electron chi connectivity index (χ0n) is 14.7. The molecule has 0 bridgehead atoms. The van der Waals surface area contributed by atoms with Gasteiger partial charge in [-0.3, -0.25) is 0 Å². The van der Waals surface area contributed by atoms with E-state index in [0.29, 0.717) is 11.1 Å². The van der Waals surface area contributed by atoms with Gasteiger partial charge < -0.3 is 0 Å². The molecule has 1 aromatic rings. The second-order valence-corrected chi connectivity index (χ2v) is 14.5. The first kappa shape index (κ1) is 19.5. The predicted molar refractivity (Wildman–Crippen MR) is 92.4 cm³/mol. The average molecular weight is 365 g/mol. The molecular formula is C18H30CoO2Si. The van der Waals surface area contributed by atoms with Gasteiger partial charge in [0.05, 0.1) is 0 Å². The number of carbonyl (C=O) groups is 1. The van der Waals surface area contributed by atoms with Crippen molar-refractivity contribution in [3.05, 3.63) is 35.9 Å². The van der Waals surface area contributed by atoms with Gasteiger partial charge in [0.2, 0.25) is 0 Å². The molecule has 0 heterocycles. The summed E-state index contributed by atoms with van der Waals surface area (Å²) < 4.78 is 5.56. The Bertz CT molecular complexity index is 466. The molecular weight excluding hydrogens is 335 g/mol. The van der Waals surface area contributed by atoms with Gasteiger partial charge in [0, 0.05) is 0 Å². The van der Waals surface area contributed by atoms with Crippen molar-refractivity contribution >= 4 is 14.0 Å². The van der Waals surface area contributed by atoms with Gasteiger partial charge in [-0.25, -0.2) is 0 Å². The fourth-order valence-corrected chi connectivity index (χ4v) is 4.09. The molecule has 0 fully saturated rings. The molecule has 0 aliphatic heterocycles. The molecule has 127 valence electrons. The van der Waals surface area contributed by atoms with Crippen molar-refractivity contribution < 1.29 is 24.2 Å². The molecule has 1 unspecified atom stereocenters. The monoisotopic (exact) mass is 365 g/mol. The van der Waals surface area contributed by atoms with Crippen LogP contribution < -0.4 is 0 Å². The quantitative estimate of drug-likeness (QED) is 0.474. The molecule has 0 saturated heterocycles. The van der Waals surface area contributed by atoms with E-state index in [9.17, 15) is 4.79 Å². The van der Waals surface area contributed by atoms with Crippen molar-refractivity contribution in [1.82, 2.24) is 0 Å². The van der Waals surface area contributed by atoms with Gasteiger partial charge in [0.15, 0.2) is 0 Å². The summed E-state index contributed by atoms with van der Waals surface area (Å²) in [6.45, 7) is 12.9. The Morgan fingerprint density at radius 2 is 1.82 bits per heavy atom. The third kappa shape index (κ3) is 6.67. The van der Waals surface area contributed by atoms with Crippen LogP contribution in [0.1, 0.15) is 37.6 Å². The average Bonchev–Trinajstić information content (AvgIpc) is 2.45. The van der Waals surface area contributed by atoms with Gasteiger partial charge in [0.25, 0.3) is 0 Å². The van der Waals surface area contributed by atoms with Gasteiger partial charge in [-0.1, -0.05) is 0 Å². The summed E-state index contributed by atoms with van der Waals surface area (Å²) in [5.74, 6) is -0.0515. The first-order valence-corrected chi connectivity index (χ1v) is 12.9. The zero-order valence-corrected chi connectivity index (χ0v) is 16.8. The fourth-order valence-electron chi connectivity index (χ4n) is 1.84. The van der Waals surface area contributed by atoms with Crippen LogP contribution in [-0.4, -0.2) is 20.3 Å². The van der Waals surface area contributed by atoms with E-state index in [0.717, 1.165) is 11.8 Å². The van der Waals surface area contributed by atoms with Crippen LogP contribution in [0.5, 0.6) is 0 Å². The molecule has 0 radical (unpaired) electrons. The van der Waals surface area contributed by atoms with Crippen molar-refractivity contribution in [2.24, 2.45) is 5.41 Å². The Morgan fingerprint density at radius 1 is 1.23 bits per heavy atom. The van der Waals surface area contributed by atoms with E-state index in [1.165, 1.54) is 20.3 Å². The summed E-state index contributed by atoms with van der Waals surface area (Å²) in [7, 11) is -1.35. The number of ether oxygens (including phenoxy) is 1. The molecule has 1 rings (SSSR count). The Kier molecular flexibility index (Phi) is 7.36. The molecule has 0 aliphatic rings. The van der Waals surface area contributed by atoms with Crippen LogP contribution in [0.4, 0.5) is 0 Å². The Hall–Kier alpha value is -0.587. The van der Waals surface area contributed by atoms with E-state index < -0.39 is 13.5 Å². The van der Waals surface area contributed by atoms with E-state index >= 15 is 0 Å². The van der Waals surface area contributed by atoms with Crippen molar-refractivity contribution in [3.8, 4) is 0 Å². The second kappa shape index (κ2) is 8.32. The molecule has 0 aliphatic carbocycles. The van der Waals surface area contributed by atoms with E-state index in [-0.39, 0.29) is 5.97 Å². The van der Waals surface area contributed by atoms with Crippen LogP contribution >= 0.6 is 0 Å². The molecule has 22 heavy (non-hydrogen) atoms. The maximum absolute atomic E-state index is 12.3. The first-order chi connectivity index (χ1) is 10.2. The summed E-state index contributed by atoms with van der Waals surface area (Å²) in [6, 6.07) is 10.6. The van der Waals surface area contributed by atoms with E-state index in [1.807, 2.05) is 19.9 Å². The zero-order chi connectivity index (χ0) is 16.8. The Morgan fingerprint density at radius 3 is 2.32 bits per heavy atom. The molecule has 1 atom stereocenters. The van der Waals surface area contributed by atoms with Crippen LogP contribution in [0.3, 0.4) is 0 Å². The summed E-state index contributed by atoms with van der Waals surface area (Å²) in [5, 5.41) is 0.835. The molecule has 0 amide bonds. The Balaban J connectivity index is 2.58. The SMILES string of the molecule is CC[CH]([Co][CH2]C(C)(C)C(=O)OC[Si](C)(C)C)c1ccccc1. The van der Waals surface area contributed by atoms with Gasteiger partial charge in [-0.15, -0.1) is 0 Å². The number of rotatable bonds is 8. The summed E-state index contributed by atoms with van der Waals surface area (Å²) in [5.41, 5.74) is 0.943. The van der Waals surface area contributed by atoms with Crippen molar-refractivity contribution in [1.29, 1.82) is 0 Å². The third-order valence-electron chi connectivity index (χ3n) is 3.20. The third-order valence-corrected chi connectivity index (χ3v) is 6.63. The van der Waals surface area contributed by atoms with E-state index in [4.69, 9.17) is 4.74 Å². The van der Waals surface area contributed by atoms with Crippen molar-refractivity contribution in [2.45, 2.75) is 57.0 Å². The van der Waals surface area contributed by atoms with Crippen LogP contribution in [0, 0.1) is 5.41 Å². The fraction of sp³-hybridized carbons (Fsp3) is 0.611. The van der Waals surface area contributed by atoms with Crippen LogP contribution in [-0.2, 0) is 24.2 Å². The van der Waals surface area contributed by atoms with Gasteiger partial charge in [-0.05, 0) is 0 Å². The molecule has 0 spiro atoms. The summed E-state index contributed by atoms with van der Waals surface area (Å²) in [4.78, 5) is 12.8. The van der Waals surface area contributed by atoms with E-state index in [1.54, 1.807) is 0 Å². The maximum atomic E-state index is 12.3. The molecule has 0 N–H and O–H groups in total. The van der Waals surface area contributed by atoms with Crippen LogP contribution in [0.2, 0.25) is 25.0 Å². The van der Waals surface area contributed by atoms with Crippen LogP contribution in [0.15, 0.2) is 30.3 Å². The van der Waals surface area contributed by atoms with Gasteiger partial charge in [0.1, 0.15) is 0 Å². The minimum absolute atomic E-state index is 0.0515. The molecule has 0 saturated carbocycles. The number of carbonyl (C=O) groups excluding carboxylic acids is 1. The van der Waals surface area contributed by atoms with Crippen molar-refractivity contribution in [3.63, 3.8) is 0 Å². The molecule has 2 nitrogen and oxygen atoms in total. The standard InChI is InChI=1S/C9H19O2Si.C9H11.Co/c1-9(2,3)8(10)11-7-12(4,5)6;1-2-6-9-7-4-3-5-8-9;/h1,7H2,2-6H3;3-8H,2H2,1H3;. The number of esters is 1. The molecule has 4 heteroatoms.